The molecule has 2 aliphatic heterocycles. The Morgan fingerprint density at radius 3 is 2.44 bits per heavy atom. The summed E-state index contributed by atoms with van der Waals surface area (Å²) < 4.78 is 0. The van der Waals surface area contributed by atoms with Gasteiger partial charge in [-0.3, -0.25) is 10.2 Å². The second kappa shape index (κ2) is 6.44. The highest BCUT2D eigenvalue weighted by molar-refractivity contribution is 8.77. The molecule has 7 heteroatoms. The minimum atomic E-state index is 0. The standard InChI is InChI=1S/C9H20N4S2.HI/c1-7-5-6-13(12(7)4)9-10-8(11(2)3)14-15-9;/h7-10H,5-6H2,1-4H3;1H. The second-order valence-electron chi connectivity index (χ2n) is 4.50. The minimum Gasteiger partial charge on any atom is -1.00 e. The largest absolute Gasteiger partial charge is 1.00 e. The van der Waals surface area contributed by atoms with E-state index >= 15 is 0 Å². The van der Waals surface area contributed by atoms with Crippen LogP contribution in [-0.2, 0) is 0 Å². The van der Waals surface area contributed by atoms with E-state index in [-0.39, 0.29) is 24.0 Å². The average molecular weight is 376 g/mol. The van der Waals surface area contributed by atoms with Crippen LogP contribution in [0, 0.1) is 0 Å². The molecule has 0 radical (unpaired) electrons. The maximum Gasteiger partial charge on any atom is 0.215 e. The van der Waals surface area contributed by atoms with Crippen LogP contribution in [0.2, 0.25) is 0 Å². The first-order valence-electron chi connectivity index (χ1n) is 5.42. The van der Waals surface area contributed by atoms with Gasteiger partial charge in [0.25, 0.3) is 0 Å². The highest BCUT2D eigenvalue weighted by Gasteiger charge is 2.40. The van der Waals surface area contributed by atoms with E-state index in [0.29, 0.717) is 17.0 Å². The third kappa shape index (κ3) is 3.18. The van der Waals surface area contributed by atoms with Crippen molar-refractivity contribution in [1.82, 2.24) is 14.9 Å². The third-order valence-corrected chi connectivity index (χ3v) is 6.20. The van der Waals surface area contributed by atoms with E-state index in [0.717, 1.165) is 0 Å². The molecule has 0 spiro atoms. The molecule has 0 aromatic rings. The number of halogens is 1. The summed E-state index contributed by atoms with van der Waals surface area (Å²) >= 11 is 0. The summed E-state index contributed by atoms with van der Waals surface area (Å²) in [4.78, 5) is 2.27. The molecule has 2 fully saturated rings. The number of nitrogens with zero attached hydrogens (tertiary/aromatic N) is 3. The van der Waals surface area contributed by atoms with Gasteiger partial charge in [0.2, 0.25) is 11.0 Å². The van der Waals surface area contributed by atoms with E-state index in [9.17, 15) is 0 Å². The molecule has 2 N–H and O–H groups in total. The van der Waals surface area contributed by atoms with E-state index in [1.165, 1.54) is 13.0 Å². The minimum absolute atomic E-state index is 0. The van der Waals surface area contributed by atoms with Gasteiger partial charge in [0, 0.05) is 19.6 Å². The van der Waals surface area contributed by atoms with E-state index < -0.39 is 0 Å². The summed E-state index contributed by atoms with van der Waals surface area (Å²) in [6.07, 6.45) is 1.29. The fourth-order valence-electron chi connectivity index (χ4n) is 1.95. The Labute approximate surface area is 123 Å². The number of nitrogens with two attached hydrogens (primary N) is 1. The van der Waals surface area contributed by atoms with Gasteiger partial charge in [-0.15, -0.1) is 0 Å². The monoisotopic (exact) mass is 376 g/mol. The zero-order chi connectivity index (χ0) is 11.0. The molecule has 0 bridgehead atoms. The van der Waals surface area contributed by atoms with Crippen LogP contribution in [-0.4, -0.2) is 59.6 Å². The summed E-state index contributed by atoms with van der Waals surface area (Å²) in [5.74, 6) is 0. The van der Waals surface area contributed by atoms with Crippen molar-refractivity contribution in [2.45, 2.75) is 30.4 Å². The third-order valence-electron chi connectivity index (χ3n) is 3.20. The van der Waals surface area contributed by atoms with Crippen molar-refractivity contribution in [3.05, 3.63) is 0 Å². The van der Waals surface area contributed by atoms with E-state index in [1.807, 2.05) is 21.6 Å². The maximum absolute atomic E-state index is 2.49. The fourth-order valence-corrected chi connectivity index (χ4v) is 5.11. The predicted molar refractivity (Wildman–Crippen MR) is 66.9 cm³/mol. The first kappa shape index (κ1) is 15.3. The van der Waals surface area contributed by atoms with Crippen molar-refractivity contribution in [3.8, 4) is 0 Å². The van der Waals surface area contributed by atoms with Crippen LogP contribution < -0.4 is 29.3 Å². The molecule has 0 aliphatic carbocycles. The molecule has 0 aromatic heterocycles. The molecule has 3 atom stereocenters. The fraction of sp³-hybridized carbons (Fsp3) is 1.00. The Bertz CT molecular complexity index is 232. The molecule has 96 valence electrons. The number of hydrogen-bond donors (Lipinski definition) is 1. The summed E-state index contributed by atoms with van der Waals surface area (Å²) in [5.41, 5.74) is 1.11. The zero-order valence-electron chi connectivity index (χ0n) is 10.3. The highest BCUT2D eigenvalue weighted by atomic mass is 127. The summed E-state index contributed by atoms with van der Waals surface area (Å²) in [6, 6.07) is 0.697. The van der Waals surface area contributed by atoms with Crippen molar-refractivity contribution in [1.29, 1.82) is 0 Å². The summed E-state index contributed by atoms with van der Waals surface area (Å²) in [7, 11) is 10.5. The van der Waals surface area contributed by atoms with Gasteiger partial charge in [-0.2, -0.15) is 5.01 Å². The topological polar surface area (TPSA) is 26.3 Å². The van der Waals surface area contributed by atoms with Crippen LogP contribution in [0.5, 0.6) is 0 Å². The number of hydrazine groups is 1. The van der Waals surface area contributed by atoms with Crippen molar-refractivity contribution in [3.63, 3.8) is 0 Å². The van der Waals surface area contributed by atoms with Gasteiger partial charge in [0.15, 0.2) is 0 Å². The molecule has 3 unspecified atom stereocenters. The molecule has 4 nitrogen and oxygen atoms in total. The van der Waals surface area contributed by atoms with Crippen LogP contribution in [0.1, 0.15) is 13.3 Å². The Morgan fingerprint density at radius 2 is 2.00 bits per heavy atom. The molecule has 2 rings (SSSR count). The van der Waals surface area contributed by atoms with E-state index in [2.05, 4.69) is 48.3 Å². The molecule has 16 heavy (non-hydrogen) atoms. The molecule has 2 aliphatic rings. The Hall–Kier alpha value is 1.27. The van der Waals surface area contributed by atoms with Crippen LogP contribution in [0.25, 0.3) is 0 Å². The summed E-state index contributed by atoms with van der Waals surface area (Å²) in [6.45, 7) is 3.50. The van der Waals surface area contributed by atoms with Crippen LogP contribution in [0.4, 0.5) is 0 Å². The Morgan fingerprint density at radius 1 is 1.31 bits per heavy atom. The van der Waals surface area contributed by atoms with Crippen molar-refractivity contribution in [2.75, 3.05) is 27.7 Å². The molecule has 2 saturated heterocycles. The number of quaternary nitrogens is 1. The maximum atomic E-state index is 2.49. The van der Waals surface area contributed by atoms with E-state index in [1.54, 1.807) is 0 Å². The lowest BCUT2D eigenvalue weighted by molar-refractivity contribution is -0.714. The lowest BCUT2D eigenvalue weighted by atomic mass is 10.3. The van der Waals surface area contributed by atoms with Gasteiger partial charge in [-0.05, 0) is 49.0 Å². The summed E-state index contributed by atoms with van der Waals surface area (Å²) in [5, 5.41) is 7.34. The molecular formula is C9H21IN4S2. The lowest BCUT2D eigenvalue weighted by Gasteiger charge is -2.29. The van der Waals surface area contributed by atoms with E-state index in [4.69, 9.17) is 0 Å². The normalized spacial score (nSPS) is 36.9. The quantitative estimate of drug-likeness (QED) is 0.410. The molecule has 2 heterocycles. The Kier molecular flexibility index (Phi) is 6.17. The van der Waals surface area contributed by atoms with Crippen molar-refractivity contribution in [2.24, 2.45) is 0 Å². The van der Waals surface area contributed by atoms with Crippen molar-refractivity contribution >= 4 is 21.6 Å². The zero-order valence-corrected chi connectivity index (χ0v) is 14.1. The molecular weight excluding hydrogens is 355 g/mol. The predicted octanol–water partition coefficient (Wildman–Crippen LogP) is -2.98. The van der Waals surface area contributed by atoms with Crippen LogP contribution >= 0.6 is 21.6 Å². The first-order valence-corrected chi connectivity index (χ1v) is 7.70. The molecule has 0 amide bonds. The Balaban J connectivity index is 0.00000128. The SMILES string of the molecule is CC1CCN(C2[NH2+]C(N(C)C)SS2)N1C.[I-]. The van der Waals surface area contributed by atoms with Crippen LogP contribution in [0.15, 0.2) is 0 Å². The van der Waals surface area contributed by atoms with Gasteiger partial charge in [-0.25, -0.2) is 5.01 Å². The van der Waals surface area contributed by atoms with Crippen molar-refractivity contribution < 1.29 is 29.3 Å². The second-order valence-corrected chi connectivity index (χ2v) is 7.01. The van der Waals surface area contributed by atoms with Gasteiger partial charge < -0.3 is 24.0 Å². The smallest absolute Gasteiger partial charge is 0.215 e. The average Bonchev–Trinajstić information content (AvgIpc) is 2.76. The van der Waals surface area contributed by atoms with Gasteiger partial charge in [0.05, 0.1) is 0 Å². The first-order chi connectivity index (χ1) is 7.09. The van der Waals surface area contributed by atoms with Gasteiger partial charge in [0.1, 0.15) is 0 Å². The molecule has 0 aromatic carbocycles. The van der Waals surface area contributed by atoms with Gasteiger partial charge in [-0.1, -0.05) is 0 Å². The van der Waals surface area contributed by atoms with Gasteiger partial charge >= 0.3 is 0 Å². The van der Waals surface area contributed by atoms with Crippen LogP contribution in [0.3, 0.4) is 0 Å². The number of rotatable bonds is 2. The lowest BCUT2D eigenvalue weighted by Crippen LogP contribution is -3.00. The number of hydrogen-bond acceptors (Lipinski definition) is 5. The highest BCUT2D eigenvalue weighted by Crippen LogP contribution is 2.35. The molecule has 0 saturated carbocycles.